The summed E-state index contributed by atoms with van der Waals surface area (Å²) in [4.78, 5) is 13.4. The number of rotatable bonds is 4. The lowest BCUT2D eigenvalue weighted by atomic mass is 9.97. The van der Waals surface area contributed by atoms with E-state index in [0.29, 0.717) is 28.8 Å². The highest BCUT2D eigenvalue weighted by atomic mass is 35.5. The number of carbonyl (C=O) groups is 1. The van der Waals surface area contributed by atoms with Gasteiger partial charge in [-0.15, -0.1) is 0 Å². The standard InChI is InChI=1S/C14H18ClNO3/c1-19-9-10-3-2-6-16(8-10)13-7-11(15)4-5-12(13)14(17)18/h4-5,7,10H,2-3,6,8-9H2,1H3,(H,17,18). The molecule has 1 aromatic rings. The van der Waals surface area contributed by atoms with E-state index in [2.05, 4.69) is 4.90 Å². The van der Waals surface area contributed by atoms with Crippen LogP contribution in [0.5, 0.6) is 0 Å². The van der Waals surface area contributed by atoms with Crippen molar-refractivity contribution in [3.8, 4) is 0 Å². The zero-order chi connectivity index (χ0) is 13.8. The predicted octanol–water partition coefficient (Wildman–Crippen LogP) is 2.90. The number of ether oxygens (including phenoxy) is 1. The molecular formula is C14H18ClNO3. The molecule has 0 bridgehead atoms. The summed E-state index contributed by atoms with van der Waals surface area (Å²) in [5, 5.41) is 9.83. The van der Waals surface area contributed by atoms with Crippen LogP contribution in [0.15, 0.2) is 18.2 Å². The van der Waals surface area contributed by atoms with Gasteiger partial charge in [-0.3, -0.25) is 0 Å². The Bertz CT molecular complexity index is 462. The Kier molecular flexibility index (Phi) is 4.66. The molecule has 1 aromatic carbocycles. The van der Waals surface area contributed by atoms with Gasteiger partial charge in [-0.25, -0.2) is 4.79 Å². The van der Waals surface area contributed by atoms with Crippen molar-refractivity contribution in [1.82, 2.24) is 0 Å². The second kappa shape index (κ2) is 6.26. The van der Waals surface area contributed by atoms with Crippen molar-refractivity contribution >= 4 is 23.3 Å². The summed E-state index contributed by atoms with van der Waals surface area (Å²) >= 11 is 5.99. The van der Waals surface area contributed by atoms with Crippen LogP contribution in [0.1, 0.15) is 23.2 Å². The van der Waals surface area contributed by atoms with E-state index in [4.69, 9.17) is 16.3 Å². The van der Waals surface area contributed by atoms with Crippen LogP contribution in [-0.2, 0) is 4.74 Å². The number of aromatic carboxylic acids is 1. The quantitative estimate of drug-likeness (QED) is 0.923. The first-order valence-electron chi connectivity index (χ1n) is 6.38. The largest absolute Gasteiger partial charge is 0.478 e. The Morgan fingerprint density at radius 1 is 1.58 bits per heavy atom. The molecule has 1 atom stereocenters. The second-order valence-electron chi connectivity index (χ2n) is 4.88. The van der Waals surface area contributed by atoms with Crippen LogP contribution >= 0.6 is 11.6 Å². The van der Waals surface area contributed by atoms with Crippen LogP contribution in [0.4, 0.5) is 5.69 Å². The third kappa shape index (κ3) is 3.39. The molecule has 0 saturated carbocycles. The number of carboxylic acid groups (broad SMARTS) is 1. The van der Waals surface area contributed by atoms with E-state index in [9.17, 15) is 9.90 Å². The molecule has 2 rings (SSSR count). The molecule has 0 radical (unpaired) electrons. The summed E-state index contributed by atoms with van der Waals surface area (Å²) in [5.41, 5.74) is 1.02. The Labute approximate surface area is 117 Å². The minimum absolute atomic E-state index is 0.308. The van der Waals surface area contributed by atoms with Crippen LogP contribution in [0.2, 0.25) is 5.02 Å². The summed E-state index contributed by atoms with van der Waals surface area (Å²) in [6, 6.07) is 4.92. The van der Waals surface area contributed by atoms with Gasteiger partial charge in [-0.2, -0.15) is 0 Å². The number of nitrogens with zero attached hydrogens (tertiary/aromatic N) is 1. The molecule has 19 heavy (non-hydrogen) atoms. The first-order valence-corrected chi connectivity index (χ1v) is 6.76. The zero-order valence-corrected chi connectivity index (χ0v) is 11.7. The van der Waals surface area contributed by atoms with Crippen molar-refractivity contribution < 1.29 is 14.6 Å². The van der Waals surface area contributed by atoms with Crippen LogP contribution in [-0.4, -0.2) is 37.9 Å². The van der Waals surface area contributed by atoms with E-state index in [1.54, 1.807) is 25.3 Å². The number of piperidine rings is 1. The van der Waals surface area contributed by atoms with Gasteiger partial charge in [0, 0.05) is 25.2 Å². The van der Waals surface area contributed by atoms with Crippen molar-refractivity contribution in [3.63, 3.8) is 0 Å². The Balaban J connectivity index is 2.24. The van der Waals surface area contributed by atoms with Gasteiger partial charge in [-0.1, -0.05) is 11.6 Å². The van der Waals surface area contributed by atoms with E-state index in [1.165, 1.54) is 0 Å². The molecule has 1 aliphatic heterocycles. The molecule has 104 valence electrons. The number of hydrogen-bond acceptors (Lipinski definition) is 3. The number of carboxylic acids is 1. The molecule has 0 aromatic heterocycles. The molecule has 1 saturated heterocycles. The SMILES string of the molecule is COCC1CCCN(c2cc(Cl)ccc2C(=O)O)C1. The minimum Gasteiger partial charge on any atom is -0.478 e. The first kappa shape index (κ1) is 14.2. The first-order chi connectivity index (χ1) is 9.11. The molecule has 5 heteroatoms. The predicted molar refractivity (Wildman–Crippen MR) is 75.2 cm³/mol. The average molecular weight is 284 g/mol. The molecule has 1 aliphatic rings. The fourth-order valence-corrected chi connectivity index (χ4v) is 2.77. The minimum atomic E-state index is -0.916. The third-order valence-corrected chi connectivity index (χ3v) is 3.69. The lowest BCUT2D eigenvalue weighted by Crippen LogP contribution is -2.37. The second-order valence-corrected chi connectivity index (χ2v) is 5.31. The van der Waals surface area contributed by atoms with Crippen molar-refractivity contribution in [1.29, 1.82) is 0 Å². The molecular weight excluding hydrogens is 266 g/mol. The molecule has 0 aliphatic carbocycles. The van der Waals surface area contributed by atoms with Crippen LogP contribution in [0, 0.1) is 5.92 Å². The van der Waals surface area contributed by atoms with Crippen molar-refractivity contribution in [2.45, 2.75) is 12.8 Å². The molecule has 1 N–H and O–H groups in total. The maximum atomic E-state index is 11.3. The summed E-state index contributed by atoms with van der Waals surface area (Å²) in [5.74, 6) is -0.472. The van der Waals surface area contributed by atoms with Gasteiger partial charge in [0.2, 0.25) is 0 Å². The smallest absolute Gasteiger partial charge is 0.337 e. The number of methoxy groups -OCH3 is 1. The highest BCUT2D eigenvalue weighted by Gasteiger charge is 2.23. The molecule has 0 amide bonds. The molecule has 1 fully saturated rings. The summed E-state index contributed by atoms with van der Waals surface area (Å²) in [6.45, 7) is 2.38. The number of benzene rings is 1. The topological polar surface area (TPSA) is 49.8 Å². The van der Waals surface area contributed by atoms with Crippen LogP contribution in [0.3, 0.4) is 0 Å². The van der Waals surface area contributed by atoms with Crippen molar-refractivity contribution in [2.75, 3.05) is 31.7 Å². The fourth-order valence-electron chi connectivity index (χ4n) is 2.60. The average Bonchev–Trinajstić information content (AvgIpc) is 2.39. The number of halogens is 1. The normalized spacial score (nSPS) is 19.5. The molecule has 1 heterocycles. The lowest BCUT2D eigenvalue weighted by molar-refractivity contribution is 0.0697. The highest BCUT2D eigenvalue weighted by molar-refractivity contribution is 6.31. The number of hydrogen-bond donors (Lipinski definition) is 1. The van der Waals surface area contributed by atoms with E-state index in [1.807, 2.05) is 0 Å². The Hall–Kier alpha value is -1.26. The van der Waals surface area contributed by atoms with Gasteiger partial charge in [0.05, 0.1) is 17.9 Å². The maximum Gasteiger partial charge on any atom is 0.337 e. The Morgan fingerprint density at radius 3 is 3.05 bits per heavy atom. The third-order valence-electron chi connectivity index (χ3n) is 3.45. The van der Waals surface area contributed by atoms with Crippen molar-refractivity contribution in [3.05, 3.63) is 28.8 Å². The summed E-state index contributed by atoms with van der Waals surface area (Å²) in [6.07, 6.45) is 2.16. The molecule has 4 nitrogen and oxygen atoms in total. The molecule has 1 unspecified atom stereocenters. The highest BCUT2D eigenvalue weighted by Crippen LogP contribution is 2.29. The van der Waals surface area contributed by atoms with Gasteiger partial charge >= 0.3 is 5.97 Å². The van der Waals surface area contributed by atoms with Gasteiger partial charge in [-0.05, 0) is 37.0 Å². The zero-order valence-electron chi connectivity index (χ0n) is 10.9. The van der Waals surface area contributed by atoms with E-state index < -0.39 is 5.97 Å². The van der Waals surface area contributed by atoms with E-state index >= 15 is 0 Å². The Morgan fingerprint density at radius 2 is 2.37 bits per heavy atom. The van der Waals surface area contributed by atoms with E-state index in [0.717, 1.165) is 25.9 Å². The van der Waals surface area contributed by atoms with Gasteiger partial charge in [0.25, 0.3) is 0 Å². The maximum absolute atomic E-state index is 11.3. The summed E-state index contributed by atoms with van der Waals surface area (Å²) < 4.78 is 5.20. The molecule has 0 spiro atoms. The van der Waals surface area contributed by atoms with Gasteiger partial charge in [0.1, 0.15) is 0 Å². The fraction of sp³-hybridized carbons (Fsp3) is 0.500. The lowest BCUT2D eigenvalue weighted by Gasteiger charge is -2.35. The number of anilines is 1. The van der Waals surface area contributed by atoms with Gasteiger partial charge < -0.3 is 14.7 Å². The van der Waals surface area contributed by atoms with Gasteiger partial charge in [0.15, 0.2) is 0 Å². The van der Waals surface area contributed by atoms with E-state index in [-0.39, 0.29) is 0 Å². The monoisotopic (exact) mass is 283 g/mol. The summed E-state index contributed by atoms with van der Waals surface area (Å²) in [7, 11) is 1.70. The van der Waals surface area contributed by atoms with Crippen LogP contribution in [0.25, 0.3) is 0 Å². The van der Waals surface area contributed by atoms with Crippen LogP contribution < -0.4 is 4.90 Å². The van der Waals surface area contributed by atoms with Crippen molar-refractivity contribution in [2.24, 2.45) is 5.92 Å².